The molecule has 30 heavy (non-hydrogen) atoms. The molecule has 1 aliphatic rings. The number of amides is 1. The van der Waals surface area contributed by atoms with Crippen molar-refractivity contribution in [3.05, 3.63) is 77.3 Å². The van der Waals surface area contributed by atoms with Crippen LogP contribution >= 0.6 is 11.3 Å². The zero-order chi connectivity index (χ0) is 20.8. The van der Waals surface area contributed by atoms with Gasteiger partial charge in [0, 0.05) is 19.1 Å². The van der Waals surface area contributed by atoms with Crippen molar-refractivity contribution in [3.63, 3.8) is 0 Å². The zero-order valence-corrected chi connectivity index (χ0v) is 18.1. The summed E-state index contributed by atoms with van der Waals surface area (Å²) < 4.78 is 7.09. The van der Waals surface area contributed by atoms with Gasteiger partial charge in [0.15, 0.2) is 0 Å². The number of carbonyl (C=O) groups is 1. The number of nitrogens with one attached hydrogen (secondary N) is 1. The predicted octanol–water partition coefficient (Wildman–Crippen LogP) is 5.63. The van der Waals surface area contributed by atoms with Crippen LogP contribution in [0.5, 0.6) is 0 Å². The van der Waals surface area contributed by atoms with Crippen LogP contribution in [0.2, 0.25) is 0 Å². The summed E-state index contributed by atoms with van der Waals surface area (Å²) in [4.78, 5) is 17.7. The van der Waals surface area contributed by atoms with Crippen molar-refractivity contribution in [2.75, 3.05) is 13.2 Å². The highest BCUT2D eigenvalue weighted by Gasteiger charge is 2.32. The number of rotatable bonds is 8. The van der Waals surface area contributed by atoms with Gasteiger partial charge >= 0.3 is 0 Å². The molecule has 3 atom stereocenters. The fourth-order valence-corrected chi connectivity index (χ4v) is 5.07. The predicted molar refractivity (Wildman–Crippen MR) is 123 cm³/mol. The van der Waals surface area contributed by atoms with Gasteiger partial charge in [-0.05, 0) is 43.9 Å². The van der Waals surface area contributed by atoms with E-state index in [1.54, 1.807) is 11.3 Å². The van der Waals surface area contributed by atoms with E-state index in [-0.39, 0.29) is 23.8 Å². The number of para-hydroxylation sites is 1. The molecule has 0 saturated carbocycles. The van der Waals surface area contributed by atoms with Crippen LogP contribution in [-0.2, 0) is 9.53 Å². The Labute approximate surface area is 182 Å². The number of nitrogens with zero attached hydrogens (tertiary/aromatic N) is 1. The first-order chi connectivity index (χ1) is 14.7. The lowest BCUT2D eigenvalue weighted by molar-refractivity contribution is -0.125. The molecule has 1 amide bonds. The highest BCUT2D eigenvalue weighted by Crippen LogP contribution is 2.38. The molecule has 3 aromatic rings. The molecule has 1 N–H and O–H groups in total. The van der Waals surface area contributed by atoms with Gasteiger partial charge in [-0.2, -0.15) is 0 Å². The van der Waals surface area contributed by atoms with E-state index in [0.717, 1.165) is 29.8 Å². The minimum atomic E-state index is -0.0558. The molecule has 2 aromatic carbocycles. The molecule has 1 aromatic heterocycles. The number of thiazole rings is 1. The number of aromatic nitrogens is 1. The van der Waals surface area contributed by atoms with Crippen LogP contribution in [0.3, 0.4) is 0 Å². The Balaban J connectivity index is 1.28. The first-order valence-corrected chi connectivity index (χ1v) is 11.5. The Bertz CT molecular complexity index is 966. The maximum Gasteiger partial charge on any atom is 0.224 e. The van der Waals surface area contributed by atoms with Crippen molar-refractivity contribution in [2.45, 2.75) is 38.2 Å². The van der Waals surface area contributed by atoms with E-state index < -0.39 is 0 Å². The quantitative estimate of drug-likeness (QED) is 0.379. The van der Waals surface area contributed by atoms with Gasteiger partial charge in [-0.15, -0.1) is 11.3 Å². The second kappa shape index (κ2) is 10.0. The van der Waals surface area contributed by atoms with E-state index in [4.69, 9.17) is 9.72 Å². The molecule has 0 fully saturated rings. The largest absolute Gasteiger partial charge is 0.374 e. The third-order valence-electron chi connectivity index (χ3n) is 5.65. The van der Waals surface area contributed by atoms with Crippen molar-refractivity contribution in [2.24, 2.45) is 5.92 Å². The summed E-state index contributed by atoms with van der Waals surface area (Å²) in [6, 6.07) is 18.4. The Morgan fingerprint density at radius 3 is 2.73 bits per heavy atom. The van der Waals surface area contributed by atoms with Crippen LogP contribution in [0.25, 0.3) is 10.2 Å². The van der Waals surface area contributed by atoms with Gasteiger partial charge in [-0.1, -0.05) is 54.6 Å². The highest BCUT2D eigenvalue weighted by molar-refractivity contribution is 7.18. The molecule has 4 rings (SSSR count). The number of benzene rings is 2. The summed E-state index contributed by atoms with van der Waals surface area (Å²) in [5.74, 6) is 0.223. The summed E-state index contributed by atoms with van der Waals surface area (Å²) >= 11 is 1.71. The summed E-state index contributed by atoms with van der Waals surface area (Å²) in [5.41, 5.74) is 2.20. The second-order valence-electron chi connectivity index (χ2n) is 7.74. The first-order valence-electron chi connectivity index (χ1n) is 10.7. The Hall–Kier alpha value is -2.50. The van der Waals surface area contributed by atoms with E-state index in [9.17, 15) is 4.79 Å². The Kier molecular flexibility index (Phi) is 6.92. The van der Waals surface area contributed by atoms with E-state index >= 15 is 0 Å². The molecule has 0 radical (unpaired) electrons. The standard InChI is InChI=1S/C25H28N2O2S/c1-18(19-10-3-2-4-11-19)29-17-9-16-26-24(28)20-12-5-6-13-21(20)25-27-22-14-7-8-15-23(22)30-25/h2-8,10-11,14-15,18,20-21H,9,12-13,16-17H2,1H3,(H,26,28)/t18-,20+,21+/m1/s1. The van der Waals surface area contributed by atoms with E-state index in [1.165, 1.54) is 10.3 Å². The molecule has 1 heterocycles. The average Bonchev–Trinajstić information content (AvgIpc) is 3.23. The SMILES string of the molecule is C[C@@H](OCCCNC(=O)[C@H]1CC=CC[C@@H]1c1nc2ccccc2s1)c1ccccc1. The summed E-state index contributed by atoms with van der Waals surface area (Å²) in [7, 11) is 0. The van der Waals surface area contributed by atoms with Crippen LogP contribution < -0.4 is 5.32 Å². The maximum atomic E-state index is 12.9. The van der Waals surface area contributed by atoms with Gasteiger partial charge in [0.2, 0.25) is 5.91 Å². The lowest BCUT2D eigenvalue weighted by Crippen LogP contribution is -2.35. The first kappa shape index (κ1) is 20.8. The molecule has 0 saturated heterocycles. The minimum Gasteiger partial charge on any atom is -0.374 e. The maximum absolute atomic E-state index is 12.9. The van der Waals surface area contributed by atoms with Crippen molar-refractivity contribution < 1.29 is 9.53 Å². The smallest absolute Gasteiger partial charge is 0.224 e. The number of carbonyl (C=O) groups excluding carboxylic acids is 1. The average molecular weight is 421 g/mol. The van der Waals surface area contributed by atoms with E-state index in [1.807, 2.05) is 36.4 Å². The van der Waals surface area contributed by atoms with Crippen LogP contribution in [0.4, 0.5) is 0 Å². The van der Waals surface area contributed by atoms with Gasteiger partial charge in [-0.3, -0.25) is 4.79 Å². The fraction of sp³-hybridized carbons (Fsp3) is 0.360. The number of hydrogen-bond acceptors (Lipinski definition) is 4. The Morgan fingerprint density at radius 1 is 1.13 bits per heavy atom. The molecule has 0 spiro atoms. The van der Waals surface area contributed by atoms with Crippen LogP contribution in [0.1, 0.15) is 48.8 Å². The van der Waals surface area contributed by atoms with Gasteiger partial charge in [0.05, 0.1) is 27.2 Å². The summed E-state index contributed by atoms with van der Waals surface area (Å²) in [6.45, 7) is 3.32. The third kappa shape index (κ3) is 4.97. The summed E-state index contributed by atoms with van der Waals surface area (Å²) in [6.07, 6.45) is 6.81. The molecule has 0 aliphatic heterocycles. The van der Waals surface area contributed by atoms with Crippen molar-refractivity contribution in [3.8, 4) is 0 Å². The number of fused-ring (bicyclic) bond motifs is 1. The zero-order valence-electron chi connectivity index (χ0n) is 17.3. The molecule has 0 bridgehead atoms. The van der Waals surface area contributed by atoms with Crippen molar-refractivity contribution in [1.82, 2.24) is 10.3 Å². The molecule has 5 heteroatoms. The fourth-order valence-electron chi connectivity index (χ4n) is 3.92. The van der Waals surface area contributed by atoms with Crippen LogP contribution in [-0.4, -0.2) is 24.0 Å². The lowest BCUT2D eigenvalue weighted by Gasteiger charge is -2.26. The van der Waals surface area contributed by atoms with Crippen LogP contribution in [0.15, 0.2) is 66.7 Å². The lowest BCUT2D eigenvalue weighted by atomic mass is 9.82. The number of hydrogen-bond donors (Lipinski definition) is 1. The van der Waals surface area contributed by atoms with Gasteiger partial charge in [0.1, 0.15) is 0 Å². The monoisotopic (exact) mass is 420 g/mol. The topological polar surface area (TPSA) is 51.2 Å². The van der Waals surface area contributed by atoms with Crippen LogP contribution in [0, 0.1) is 5.92 Å². The molecule has 156 valence electrons. The molecule has 0 unspecified atom stereocenters. The van der Waals surface area contributed by atoms with E-state index in [2.05, 4.69) is 42.6 Å². The summed E-state index contributed by atoms with van der Waals surface area (Å²) in [5, 5.41) is 4.19. The van der Waals surface area contributed by atoms with Crippen molar-refractivity contribution >= 4 is 27.5 Å². The molecular formula is C25H28N2O2S. The van der Waals surface area contributed by atoms with Gasteiger partial charge < -0.3 is 10.1 Å². The molecule has 4 nitrogen and oxygen atoms in total. The normalized spacial score (nSPS) is 19.6. The number of allylic oxidation sites excluding steroid dienone is 2. The molecular weight excluding hydrogens is 392 g/mol. The van der Waals surface area contributed by atoms with Crippen molar-refractivity contribution in [1.29, 1.82) is 0 Å². The Morgan fingerprint density at radius 2 is 1.90 bits per heavy atom. The minimum absolute atomic E-state index is 0.0558. The van der Waals surface area contributed by atoms with Gasteiger partial charge in [-0.25, -0.2) is 4.98 Å². The van der Waals surface area contributed by atoms with Gasteiger partial charge in [0.25, 0.3) is 0 Å². The second-order valence-corrected chi connectivity index (χ2v) is 8.81. The van der Waals surface area contributed by atoms with E-state index in [0.29, 0.717) is 13.2 Å². The molecule has 1 aliphatic carbocycles. The number of ether oxygens (including phenoxy) is 1. The third-order valence-corrected chi connectivity index (χ3v) is 6.82. The highest BCUT2D eigenvalue weighted by atomic mass is 32.1.